The smallest absolute Gasteiger partial charge is 0.314 e. The number of aliphatic hydroxyl groups is 1. The minimum atomic E-state index is -0.328. The highest BCUT2D eigenvalue weighted by Gasteiger charge is 2.26. The van der Waals surface area contributed by atoms with Crippen molar-refractivity contribution in [2.45, 2.75) is 38.1 Å². The summed E-state index contributed by atoms with van der Waals surface area (Å²) in [6.45, 7) is 4.76. The van der Waals surface area contributed by atoms with Gasteiger partial charge < -0.3 is 15.2 Å². The number of methoxy groups -OCH3 is 1. The van der Waals surface area contributed by atoms with Crippen molar-refractivity contribution >= 4 is 5.97 Å². The van der Waals surface area contributed by atoms with Crippen LogP contribution in [-0.4, -0.2) is 36.9 Å². The first kappa shape index (κ1) is 16.7. The minimum Gasteiger partial charge on any atom is -0.469 e. The molecule has 0 spiro atoms. The van der Waals surface area contributed by atoms with E-state index >= 15 is 0 Å². The Balaban J connectivity index is 2.79. The largest absolute Gasteiger partial charge is 0.469 e. The summed E-state index contributed by atoms with van der Waals surface area (Å²) in [5, 5.41) is 12.5. The first-order chi connectivity index (χ1) is 9.56. The lowest BCUT2D eigenvalue weighted by Gasteiger charge is -2.31. The van der Waals surface area contributed by atoms with E-state index < -0.39 is 0 Å². The first-order valence-corrected chi connectivity index (χ1v) is 7.05. The van der Waals surface area contributed by atoms with Gasteiger partial charge in [-0.05, 0) is 25.3 Å². The Labute approximate surface area is 121 Å². The molecule has 4 nitrogen and oxygen atoms in total. The predicted octanol–water partition coefficient (Wildman–Crippen LogP) is 2.08. The molecule has 0 aliphatic carbocycles. The quantitative estimate of drug-likeness (QED) is 0.715. The van der Waals surface area contributed by atoms with Gasteiger partial charge in [0.15, 0.2) is 0 Å². The maximum atomic E-state index is 12.0. The lowest BCUT2D eigenvalue weighted by Crippen LogP contribution is -2.45. The van der Waals surface area contributed by atoms with Gasteiger partial charge in [0.05, 0.1) is 13.0 Å². The SMILES string of the molecule is CCC(C)(CCO)NCC(C(=O)OC)c1ccccc1. The summed E-state index contributed by atoms with van der Waals surface area (Å²) < 4.78 is 4.90. The van der Waals surface area contributed by atoms with Crippen molar-refractivity contribution in [1.82, 2.24) is 5.32 Å². The van der Waals surface area contributed by atoms with Crippen LogP contribution in [0.25, 0.3) is 0 Å². The van der Waals surface area contributed by atoms with Gasteiger partial charge in [0.2, 0.25) is 0 Å². The summed E-state index contributed by atoms with van der Waals surface area (Å²) in [6.07, 6.45) is 1.54. The second-order valence-electron chi connectivity index (χ2n) is 5.26. The monoisotopic (exact) mass is 279 g/mol. The Morgan fingerprint density at radius 2 is 2.05 bits per heavy atom. The van der Waals surface area contributed by atoms with E-state index in [1.807, 2.05) is 30.3 Å². The molecule has 0 aliphatic rings. The molecule has 4 heteroatoms. The van der Waals surface area contributed by atoms with Crippen molar-refractivity contribution in [3.63, 3.8) is 0 Å². The molecule has 112 valence electrons. The normalized spacial score (nSPS) is 15.4. The third-order valence-electron chi connectivity index (χ3n) is 3.86. The summed E-state index contributed by atoms with van der Waals surface area (Å²) in [6, 6.07) is 9.61. The van der Waals surface area contributed by atoms with E-state index in [0.29, 0.717) is 13.0 Å². The topological polar surface area (TPSA) is 58.6 Å². The molecule has 0 amide bonds. The fourth-order valence-corrected chi connectivity index (χ4v) is 2.15. The zero-order valence-corrected chi connectivity index (χ0v) is 12.6. The fraction of sp³-hybridized carbons (Fsp3) is 0.562. The highest BCUT2D eigenvalue weighted by molar-refractivity contribution is 5.78. The van der Waals surface area contributed by atoms with Gasteiger partial charge in [-0.15, -0.1) is 0 Å². The lowest BCUT2D eigenvalue weighted by molar-refractivity contribution is -0.142. The van der Waals surface area contributed by atoms with Crippen molar-refractivity contribution in [3.05, 3.63) is 35.9 Å². The Hall–Kier alpha value is -1.39. The Morgan fingerprint density at radius 3 is 2.55 bits per heavy atom. The summed E-state index contributed by atoms with van der Waals surface area (Å²) in [5.74, 6) is -0.572. The molecule has 0 bridgehead atoms. The van der Waals surface area contributed by atoms with Gasteiger partial charge in [0, 0.05) is 18.7 Å². The number of benzene rings is 1. The number of rotatable bonds is 8. The van der Waals surface area contributed by atoms with E-state index in [0.717, 1.165) is 12.0 Å². The number of aliphatic hydroxyl groups excluding tert-OH is 1. The van der Waals surface area contributed by atoms with Crippen molar-refractivity contribution in [1.29, 1.82) is 0 Å². The van der Waals surface area contributed by atoms with Gasteiger partial charge in [-0.3, -0.25) is 4.79 Å². The van der Waals surface area contributed by atoms with Crippen LogP contribution in [0.3, 0.4) is 0 Å². The molecule has 1 aromatic carbocycles. The Morgan fingerprint density at radius 1 is 1.40 bits per heavy atom. The second kappa shape index (κ2) is 8.02. The number of nitrogens with one attached hydrogen (secondary N) is 1. The third-order valence-corrected chi connectivity index (χ3v) is 3.86. The van der Waals surface area contributed by atoms with E-state index in [1.165, 1.54) is 7.11 Å². The molecule has 0 aromatic heterocycles. The van der Waals surface area contributed by atoms with E-state index in [4.69, 9.17) is 9.84 Å². The molecule has 2 unspecified atom stereocenters. The average molecular weight is 279 g/mol. The van der Waals surface area contributed by atoms with Gasteiger partial charge in [0.25, 0.3) is 0 Å². The van der Waals surface area contributed by atoms with E-state index in [2.05, 4.69) is 19.2 Å². The molecule has 0 radical (unpaired) electrons. The number of carbonyl (C=O) groups excluding carboxylic acids is 1. The molecule has 0 heterocycles. The molecule has 1 aromatic rings. The summed E-state index contributed by atoms with van der Waals surface area (Å²) in [5.41, 5.74) is 0.768. The van der Waals surface area contributed by atoms with E-state index in [1.54, 1.807) is 0 Å². The van der Waals surface area contributed by atoms with Crippen molar-refractivity contribution in [2.24, 2.45) is 0 Å². The van der Waals surface area contributed by atoms with Crippen LogP contribution in [0.5, 0.6) is 0 Å². The van der Waals surface area contributed by atoms with Crippen LogP contribution < -0.4 is 5.32 Å². The molecular formula is C16H25NO3. The zero-order chi connectivity index (χ0) is 15.0. The molecule has 1 rings (SSSR count). The summed E-state index contributed by atoms with van der Waals surface area (Å²) in [4.78, 5) is 12.0. The van der Waals surface area contributed by atoms with Gasteiger partial charge in [-0.1, -0.05) is 37.3 Å². The molecule has 20 heavy (non-hydrogen) atoms. The number of esters is 1. The maximum Gasteiger partial charge on any atom is 0.314 e. The standard InChI is InChI=1S/C16H25NO3/c1-4-16(2,10-11-18)17-12-14(15(19)20-3)13-8-6-5-7-9-13/h5-9,14,17-18H,4,10-12H2,1-3H3. The molecule has 0 aliphatic heterocycles. The molecule has 0 saturated carbocycles. The first-order valence-electron chi connectivity index (χ1n) is 7.05. The molecule has 2 atom stereocenters. The van der Waals surface area contributed by atoms with Crippen LogP contribution in [0.2, 0.25) is 0 Å². The van der Waals surface area contributed by atoms with Crippen molar-refractivity contribution in [3.8, 4) is 0 Å². The van der Waals surface area contributed by atoms with Crippen molar-refractivity contribution in [2.75, 3.05) is 20.3 Å². The predicted molar refractivity (Wildman–Crippen MR) is 79.6 cm³/mol. The van der Waals surface area contributed by atoms with Gasteiger partial charge in [-0.2, -0.15) is 0 Å². The average Bonchev–Trinajstić information content (AvgIpc) is 2.48. The van der Waals surface area contributed by atoms with Gasteiger partial charge in [-0.25, -0.2) is 0 Å². The number of ether oxygens (including phenoxy) is 1. The number of carbonyl (C=O) groups is 1. The zero-order valence-electron chi connectivity index (χ0n) is 12.6. The fourth-order valence-electron chi connectivity index (χ4n) is 2.15. The molecule has 0 saturated heterocycles. The van der Waals surface area contributed by atoms with Gasteiger partial charge >= 0.3 is 5.97 Å². The highest BCUT2D eigenvalue weighted by atomic mass is 16.5. The minimum absolute atomic E-state index is 0.131. The Kier molecular flexibility index (Phi) is 6.68. The molecule has 0 fully saturated rings. The van der Waals surface area contributed by atoms with Gasteiger partial charge in [0.1, 0.15) is 0 Å². The lowest BCUT2D eigenvalue weighted by atomic mass is 9.92. The summed E-state index contributed by atoms with van der Waals surface area (Å²) >= 11 is 0. The molecular weight excluding hydrogens is 254 g/mol. The van der Waals surface area contributed by atoms with Crippen molar-refractivity contribution < 1.29 is 14.6 Å². The Bertz CT molecular complexity index is 407. The molecule has 2 N–H and O–H groups in total. The van der Waals surface area contributed by atoms with Crippen LogP contribution in [-0.2, 0) is 9.53 Å². The maximum absolute atomic E-state index is 12.0. The second-order valence-corrected chi connectivity index (χ2v) is 5.26. The van der Waals surface area contributed by atoms with Crippen LogP contribution in [0.15, 0.2) is 30.3 Å². The van der Waals surface area contributed by atoms with Crippen LogP contribution >= 0.6 is 0 Å². The summed E-state index contributed by atoms with van der Waals surface area (Å²) in [7, 11) is 1.41. The number of hydrogen-bond acceptors (Lipinski definition) is 4. The van der Waals surface area contributed by atoms with E-state index in [9.17, 15) is 4.79 Å². The van der Waals surface area contributed by atoms with E-state index in [-0.39, 0.29) is 24.0 Å². The van der Waals surface area contributed by atoms with Crippen LogP contribution in [0.1, 0.15) is 38.2 Å². The third kappa shape index (κ3) is 4.62. The number of hydrogen-bond donors (Lipinski definition) is 2. The highest BCUT2D eigenvalue weighted by Crippen LogP contribution is 2.20. The van der Waals surface area contributed by atoms with Crippen LogP contribution in [0.4, 0.5) is 0 Å². The van der Waals surface area contributed by atoms with Crippen LogP contribution in [0, 0.1) is 0 Å².